The van der Waals surface area contributed by atoms with Gasteiger partial charge in [-0.3, -0.25) is 9.59 Å². The largest absolute Gasteiger partial charge is 0.507 e. The van der Waals surface area contributed by atoms with Crippen LogP contribution in [0.3, 0.4) is 0 Å². The SMILES string of the molecule is CCCCCCCCC(CCC)N(OC(C)=O)C(=O)c1ccccc1O. The van der Waals surface area contributed by atoms with Crippen LogP contribution in [0, 0.1) is 0 Å². The maximum absolute atomic E-state index is 12.9. The number of carbonyl (C=O) groups is 2. The first kappa shape index (κ1) is 22.0. The number of phenolic OH excluding ortho intramolecular Hbond substituents is 1. The highest BCUT2D eigenvalue weighted by Crippen LogP contribution is 2.23. The van der Waals surface area contributed by atoms with Crippen molar-refractivity contribution in [1.82, 2.24) is 5.06 Å². The monoisotopic (exact) mass is 363 g/mol. The van der Waals surface area contributed by atoms with Gasteiger partial charge in [-0.15, -0.1) is 0 Å². The molecule has 0 heterocycles. The molecule has 0 aromatic heterocycles. The number of aromatic hydroxyl groups is 1. The van der Waals surface area contributed by atoms with Gasteiger partial charge in [0.15, 0.2) is 0 Å². The molecule has 1 atom stereocenters. The molecule has 0 aliphatic heterocycles. The minimum atomic E-state index is -0.530. The van der Waals surface area contributed by atoms with Gasteiger partial charge in [-0.2, -0.15) is 5.06 Å². The van der Waals surface area contributed by atoms with Gasteiger partial charge in [0.25, 0.3) is 5.91 Å². The van der Waals surface area contributed by atoms with Crippen LogP contribution < -0.4 is 0 Å². The summed E-state index contributed by atoms with van der Waals surface area (Å²) in [7, 11) is 0. The molecule has 1 rings (SSSR count). The molecule has 5 heteroatoms. The molecule has 0 spiro atoms. The Morgan fingerprint density at radius 3 is 2.27 bits per heavy atom. The van der Waals surface area contributed by atoms with Gasteiger partial charge < -0.3 is 9.94 Å². The van der Waals surface area contributed by atoms with Crippen LogP contribution in [0.1, 0.15) is 88.9 Å². The lowest BCUT2D eigenvalue weighted by Crippen LogP contribution is -2.41. The van der Waals surface area contributed by atoms with Crippen LogP contribution in [0.5, 0.6) is 5.75 Å². The van der Waals surface area contributed by atoms with Crippen molar-refractivity contribution in [2.75, 3.05) is 0 Å². The van der Waals surface area contributed by atoms with Crippen molar-refractivity contribution in [3.63, 3.8) is 0 Å². The Kier molecular flexibility index (Phi) is 10.4. The van der Waals surface area contributed by atoms with Gasteiger partial charge in [-0.05, 0) is 25.0 Å². The third-order valence-electron chi connectivity index (χ3n) is 4.41. The quantitative estimate of drug-likeness (QED) is 0.432. The van der Waals surface area contributed by atoms with E-state index in [1.54, 1.807) is 18.2 Å². The minimum Gasteiger partial charge on any atom is -0.507 e. The molecule has 0 bridgehead atoms. The van der Waals surface area contributed by atoms with Gasteiger partial charge in [0.1, 0.15) is 5.75 Å². The van der Waals surface area contributed by atoms with Crippen molar-refractivity contribution in [2.24, 2.45) is 0 Å². The normalized spacial score (nSPS) is 11.8. The minimum absolute atomic E-state index is 0.107. The first-order chi connectivity index (χ1) is 12.5. The van der Waals surface area contributed by atoms with Gasteiger partial charge in [0.05, 0.1) is 11.6 Å². The molecular formula is C21H33NO4. The second kappa shape index (κ2) is 12.3. The Labute approximate surface area is 157 Å². The summed E-state index contributed by atoms with van der Waals surface area (Å²) in [4.78, 5) is 29.7. The Morgan fingerprint density at radius 2 is 1.65 bits per heavy atom. The predicted molar refractivity (Wildman–Crippen MR) is 103 cm³/mol. The van der Waals surface area contributed by atoms with E-state index in [0.29, 0.717) is 0 Å². The Morgan fingerprint density at radius 1 is 1.00 bits per heavy atom. The number of hydrogen-bond acceptors (Lipinski definition) is 4. The average molecular weight is 363 g/mol. The number of phenols is 1. The molecule has 146 valence electrons. The summed E-state index contributed by atoms with van der Waals surface area (Å²) >= 11 is 0. The zero-order valence-corrected chi connectivity index (χ0v) is 16.4. The van der Waals surface area contributed by atoms with E-state index in [0.717, 1.165) is 32.1 Å². The predicted octanol–water partition coefficient (Wildman–Crippen LogP) is 5.23. The third-order valence-corrected chi connectivity index (χ3v) is 4.41. The molecule has 0 aliphatic carbocycles. The molecule has 1 aromatic rings. The van der Waals surface area contributed by atoms with Gasteiger partial charge in [-0.25, -0.2) is 0 Å². The number of benzene rings is 1. The summed E-state index contributed by atoms with van der Waals surface area (Å²) in [5.74, 6) is -1.11. The molecule has 5 nitrogen and oxygen atoms in total. The molecule has 0 aliphatic rings. The summed E-state index contributed by atoms with van der Waals surface area (Å²) in [6, 6.07) is 6.16. The van der Waals surface area contributed by atoms with E-state index < -0.39 is 11.9 Å². The standard InChI is InChI=1S/C21H33NO4/c1-4-6-7-8-9-10-14-18(13-5-2)22(26-17(3)23)21(25)19-15-11-12-16-20(19)24/h11-12,15-16,18,24H,4-10,13-14H2,1-3H3. The van der Waals surface area contributed by atoms with Crippen LogP contribution in [0.15, 0.2) is 24.3 Å². The number of unbranched alkanes of at least 4 members (excludes halogenated alkanes) is 5. The molecule has 0 saturated heterocycles. The van der Waals surface area contributed by atoms with E-state index in [-0.39, 0.29) is 17.4 Å². The fourth-order valence-electron chi connectivity index (χ4n) is 3.07. The van der Waals surface area contributed by atoms with Crippen molar-refractivity contribution < 1.29 is 19.5 Å². The van der Waals surface area contributed by atoms with Crippen molar-refractivity contribution in [3.8, 4) is 5.75 Å². The molecule has 1 aromatic carbocycles. The maximum atomic E-state index is 12.9. The Bertz CT molecular complexity index is 559. The third kappa shape index (κ3) is 7.46. The summed E-state index contributed by atoms with van der Waals surface area (Å²) in [5.41, 5.74) is 0.151. The highest BCUT2D eigenvalue weighted by atomic mass is 16.7. The maximum Gasteiger partial charge on any atom is 0.329 e. The number of para-hydroxylation sites is 1. The molecular weight excluding hydrogens is 330 g/mol. The van der Waals surface area contributed by atoms with Gasteiger partial charge in [0.2, 0.25) is 0 Å². The Balaban J connectivity index is 2.82. The zero-order valence-electron chi connectivity index (χ0n) is 16.4. The fourth-order valence-corrected chi connectivity index (χ4v) is 3.07. The molecule has 1 amide bonds. The van der Waals surface area contributed by atoms with Crippen LogP contribution in [-0.2, 0) is 9.63 Å². The second-order valence-corrected chi connectivity index (χ2v) is 6.73. The topological polar surface area (TPSA) is 66.8 Å². The Hall–Kier alpha value is -2.04. The number of carbonyl (C=O) groups excluding carboxylic acids is 2. The molecule has 1 unspecified atom stereocenters. The summed E-state index contributed by atoms with van der Waals surface area (Å²) in [6.45, 7) is 5.53. The summed E-state index contributed by atoms with van der Waals surface area (Å²) in [6.07, 6.45) is 9.41. The van der Waals surface area contributed by atoms with Crippen molar-refractivity contribution in [1.29, 1.82) is 0 Å². The van der Waals surface area contributed by atoms with Crippen molar-refractivity contribution in [2.45, 2.75) is 84.6 Å². The van der Waals surface area contributed by atoms with E-state index in [1.807, 2.05) is 6.92 Å². The van der Waals surface area contributed by atoms with Crippen molar-refractivity contribution in [3.05, 3.63) is 29.8 Å². The number of hydroxylamine groups is 2. The van der Waals surface area contributed by atoms with Crippen LogP contribution in [0.4, 0.5) is 0 Å². The number of amides is 1. The second-order valence-electron chi connectivity index (χ2n) is 6.73. The van der Waals surface area contributed by atoms with E-state index in [1.165, 1.54) is 43.7 Å². The first-order valence-electron chi connectivity index (χ1n) is 9.81. The smallest absolute Gasteiger partial charge is 0.329 e. The van der Waals surface area contributed by atoms with Crippen LogP contribution in [-0.4, -0.2) is 28.1 Å². The fraction of sp³-hybridized carbons (Fsp3) is 0.619. The average Bonchev–Trinajstić information content (AvgIpc) is 2.61. The molecule has 0 radical (unpaired) electrons. The van der Waals surface area contributed by atoms with Gasteiger partial charge in [0, 0.05) is 6.92 Å². The molecule has 0 saturated carbocycles. The van der Waals surface area contributed by atoms with E-state index >= 15 is 0 Å². The lowest BCUT2D eigenvalue weighted by atomic mass is 10.0. The number of hydrogen-bond donors (Lipinski definition) is 1. The molecule has 1 N–H and O–H groups in total. The lowest BCUT2D eigenvalue weighted by Gasteiger charge is -2.29. The highest BCUT2D eigenvalue weighted by Gasteiger charge is 2.28. The first-order valence-corrected chi connectivity index (χ1v) is 9.81. The lowest BCUT2D eigenvalue weighted by molar-refractivity contribution is -0.184. The van der Waals surface area contributed by atoms with Gasteiger partial charge in [-0.1, -0.05) is 70.9 Å². The van der Waals surface area contributed by atoms with Crippen LogP contribution in [0.2, 0.25) is 0 Å². The van der Waals surface area contributed by atoms with E-state index in [2.05, 4.69) is 6.92 Å². The van der Waals surface area contributed by atoms with Crippen LogP contribution >= 0.6 is 0 Å². The number of rotatable bonds is 11. The molecule has 26 heavy (non-hydrogen) atoms. The van der Waals surface area contributed by atoms with E-state index in [9.17, 15) is 14.7 Å². The number of nitrogens with zero attached hydrogens (tertiary/aromatic N) is 1. The van der Waals surface area contributed by atoms with Crippen LogP contribution in [0.25, 0.3) is 0 Å². The van der Waals surface area contributed by atoms with Gasteiger partial charge >= 0.3 is 5.97 Å². The summed E-state index contributed by atoms with van der Waals surface area (Å²) < 4.78 is 0. The summed E-state index contributed by atoms with van der Waals surface area (Å²) in [5, 5.41) is 11.2. The highest BCUT2D eigenvalue weighted by molar-refractivity contribution is 5.96. The van der Waals surface area contributed by atoms with Crippen molar-refractivity contribution >= 4 is 11.9 Å². The van der Waals surface area contributed by atoms with E-state index in [4.69, 9.17) is 4.84 Å². The zero-order chi connectivity index (χ0) is 19.4. The molecule has 0 fully saturated rings.